The Kier molecular flexibility index (Phi) is 7.68. The molecule has 0 radical (unpaired) electrons. The first-order chi connectivity index (χ1) is 12.8. The first-order valence-corrected chi connectivity index (χ1v) is 8.93. The Morgan fingerprint density at radius 2 is 1.63 bits per heavy atom. The van der Waals surface area contributed by atoms with Crippen LogP contribution in [0.15, 0.2) is 54.6 Å². The van der Waals surface area contributed by atoms with E-state index in [1.165, 1.54) is 12.1 Å². The third-order valence-electron chi connectivity index (χ3n) is 4.57. The first kappa shape index (κ1) is 21.3. The van der Waals surface area contributed by atoms with Gasteiger partial charge in [0.25, 0.3) is 0 Å². The lowest BCUT2D eigenvalue weighted by molar-refractivity contribution is -0.137. The van der Waals surface area contributed by atoms with Crippen molar-refractivity contribution in [2.45, 2.75) is 38.3 Å². The standard InChI is InChI=1S/C21H26F3NO2/c1-16(26-3)25(2)15-7-10-20(17-8-5-4-6-9-17)27-19-13-11-18(12-14-19)21(22,23)24/h4-6,8-9,11-14,16,20H,7,10,15H2,1-3H3. The Morgan fingerprint density at radius 3 is 2.19 bits per heavy atom. The highest BCUT2D eigenvalue weighted by atomic mass is 19.4. The van der Waals surface area contributed by atoms with E-state index in [4.69, 9.17) is 9.47 Å². The largest absolute Gasteiger partial charge is 0.486 e. The van der Waals surface area contributed by atoms with E-state index in [-0.39, 0.29) is 12.3 Å². The predicted octanol–water partition coefficient (Wildman–Crippen LogP) is 5.53. The second-order valence-electron chi connectivity index (χ2n) is 6.50. The molecule has 0 bridgehead atoms. The lowest BCUT2D eigenvalue weighted by atomic mass is 10.0. The van der Waals surface area contributed by atoms with Gasteiger partial charge in [0.1, 0.15) is 18.1 Å². The lowest BCUT2D eigenvalue weighted by Crippen LogP contribution is -2.31. The maximum absolute atomic E-state index is 12.7. The molecule has 0 aliphatic heterocycles. The molecular weight excluding hydrogens is 355 g/mol. The van der Waals surface area contributed by atoms with Crippen LogP contribution in [0.3, 0.4) is 0 Å². The topological polar surface area (TPSA) is 21.7 Å². The van der Waals surface area contributed by atoms with Gasteiger partial charge in [-0.2, -0.15) is 13.2 Å². The average molecular weight is 381 g/mol. The Labute approximate surface area is 158 Å². The highest BCUT2D eigenvalue weighted by molar-refractivity contribution is 5.30. The van der Waals surface area contributed by atoms with Gasteiger partial charge in [0.2, 0.25) is 0 Å². The molecule has 2 rings (SSSR count). The predicted molar refractivity (Wildman–Crippen MR) is 99.6 cm³/mol. The van der Waals surface area contributed by atoms with Crippen molar-refractivity contribution >= 4 is 0 Å². The van der Waals surface area contributed by atoms with Crippen molar-refractivity contribution in [3.8, 4) is 5.75 Å². The van der Waals surface area contributed by atoms with Crippen LogP contribution in [0.25, 0.3) is 0 Å². The fourth-order valence-corrected chi connectivity index (χ4v) is 2.74. The molecule has 3 nitrogen and oxygen atoms in total. The molecule has 0 amide bonds. The highest BCUT2D eigenvalue weighted by Crippen LogP contribution is 2.32. The number of benzene rings is 2. The van der Waals surface area contributed by atoms with Gasteiger partial charge in [-0.25, -0.2) is 0 Å². The Bertz CT molecular complexity index is 674. The zero-order chi connectivity index (χ0) is 19.9. The molecule has 0 aromatic heterocycles. The second-order valence-corrected chi connectivity index (χ2v) is 6.50. The number of rotatable bonds is 9. The molecule has 0 aliphatic carbocycles. The molecule has 2 unspecified atom stereocenters. The number of hydrogen-bond donors (Lipinski definition) is 0. The van der Waals surface area contributed by atoms with Crippen molar-refractivity contribution in [1.29, 1.82) is 0 Å². The fraction of sp³-hybridized carbons (Fsp3) is 0.429. The molecule has 2 aromatic carbocycles. The minimum absolute atomic E-state index is 0.0241. The van der Waals surface area contributed by atoms with Crippen LogP contribution >= 0.6 is 0 Å². The monoisotopic (exact) mass is 381 g/mol. The average Bonchev–Trinajstić information content (AvgIpc) is 2.66. The summed E-state index contributed by atoms with van der Waals surface area (Å²) in [6, 6.07) is 14.6. The van der Waals surface area contributed by atoms with Crippen molar-refractivity contribution in [3.63, 3.8) is 0 Å². The summed E-state index contributed by atoms with van der Waals surface area (Å²) in [5.41, 5.74) is 0.320. The summed E-state index contributed by atoms with van der Waals surface area (Å²) in [7, 11) is 3.66. The molecule has 6 heteroatoms. The minimum atomic E-state index is -4.35. The maximum atomic E-state index is 12.7. The lowest BCUT2D eigenvalue weighted by Gasteiger charge is -2.25. The Hall–Kier alpha value is -2.05. The van der Waals surface area contributed by atoms with Gasteiger partial charge >= 0.3 is 6.18 Å². The summed E-state index contributed by atoms with van der Waals surface area (Å²) in [6.07, 6.45) is -2.94. The number of ether oxygens (including phenoxy) is 2. The summed E-state index contributed by atoms with van der Waals surface area (Å²) in [6.45, 7) is 2.81. The zero-order valence-corrected chi connectivity index (χ0v) is 15.9. The number of halogens is 3. The van der Waals surface area contributed by atoms with E-state index < -0.39 is 11.7 Å². The molecule has 2 atom stereocenters. The molecule has 0 saturated carbocycles. The van der Waals surface area contributed by atoms with Crippen LogP contribution in [-0.2, 0) is 10.9 Å². The highest BCUT2D eigenvalue weighted by Gasteiger charge is 2.30. The molecule has 0 spiro atoms. The first-order valence-electron chi connectivity index (χ1n) is 8.93. The van der Waals surface area contributed by atoms with Crippen molar-refractivity contribution < 1.29 is 22.6 Å². The molecule has 0 aliphatic rings. The van der Waals surface area contributed by atoms with Crippen molar-refractivity contribution in [2.75, 3.05) is 20.7 Å². The van der Waals surface area contributed by atoms with Crippen LogP contribution in [0.5, 0.6) is 5.75 Å². The van der Waals surface area contributed by atoms with Crippen LogP contribution in [0.4, 0.5) is 13.2 Å². The van der Waals surface area contributed by atoms with E-state index in [1.807, 2.05) is 44.3 Å². The zero-order valence-electron chi connectivity index (χ0n) is 15.9. The summed E-state index contributed by atoms with van der Waals surface area (Å²) >= 11 is 0. The second kappa shape index (κ2) is 9.76. The smallest absolute Gasteiger partial charge is 0.416 e. The molecule has 2 aromatic rings. The molecule has 0 saturated heterocycles. The summed E-state index contributed by atoms with van der Waals surface area (Å²) in [5, 5.41) is 0. The van der Waals surface area contributed by atoms with Crippen molar-refractivity contribution in [2.24, 2.45) is 0 Å². The summed E-state index contributed by atoms with van der Waals surface area (Å²) in [4.78, 5) is 2.10. The summed E-state index contributed by atoms with van der Waals surface area (Å²) < 4.78 is 49.5. The molecular formula is C21H26F3NO2. The van der Waals surface area contributed by atoms with Crippen LogP contribution < -0.4 is 4.74 Å². The van der Waals surface area contributed by atoms with Crippen LogP contribution in [0, 0.1) is 0 Å². The van der Waals surface area contributed by atoms with E-state index >= 15 is 0 Å². The molecule has 148 valence electrons. The number of methoxy groups -OCH3 is 1. The van der Waals surface area contributed by atoms with Gasteiger partial charge in [0.05, 0.1) is 5.56 Å². The van der Waals surface area contributed by atoms with E-state index in [9.17, 15) is 13.2 Å². The van der Waals surface area contributed by atoms with Gasteiger partial charge in [-0.15, -0.1) is 0 Å². The fourth-order valence-electron chi connectivity index (χ4n) is 2.74. The van der Waals surface area contributed by atoms with Crippen molar-refractivity contribution in [3.05, 3.63) is 65.7 Å². The molecule has 27 heavy (non-hydrogen) atoms. The molecule has 0 N–H and O–H groups in total. The van der Waals surface area contributed by atoms with E-state index in [2.05, 4.69) is 4.90 Å². The van der Waals surface area contributed by atoms with Crippen molar-refractivity contribution in [1.82, 2.24) is 4.90 Å². The van der Waals surface area contributed by atoms with Crippen LogP contribution in [-0.4, -0.2) is 31.8 Å². The molecule has 0 heterocycles. The molecule has 0 fully saturated rings. The van der Waals surface area contributed by atoms with Gasteiger partial charge in [0.15, 0.2) is 0 Å². The summed E-state index contributed by atoms with van der Waals surface area (Å²) in [5.74, 6) is 0.426. The number of nitrogens with zero attached hydrogens (tertiary/aromatic N) is 1. The third-order valence-corrected chi connectivity index (χ3v) is 4.57. The van der Waals surface area contributed by atoms with Gasteiger partial charge < -0.3 is 9.47 Å². The quantitative estimate of drug-likeness (QED) is 0.533. The third kappa shape index (κ3) is 6.56. The number of hydrogen-bond acceptors (Lipinski definition) is 3. The van der Waals surface area contributed by atoms with E-state index in [1.54, 1.807) is 7.11 Å². The van der Waals surface area contributed by atoms with Gasteiger partial charge in [0, 0.05) is 13.7 Å². The van der Waals surface area contributed by atoms with E-state index in [0.29, 0.717) is 5.75 Å². The van der Waals surface area contributed by atoms with Gasteiger partial charge in [-0.05, 0) is 56.6 Å². The maximum Gasteiger partial charge on any atom is 0.416 e. The Balaban J connectivity index is 2.05. The van der Waals surface area contributed by atoms with Crippen LogP contribution in [0.2, 0.25) is 0 Å². The minimum Gasteiger partial charge on any atom is -0.486 e. The van der Waals surface area contributed by atoms with Gasteiger partial charge in [-0.1, -0.05) is 30.3 Å². The van der Waals surface area contributed by atoms with Gasteiger partial charge in [-0.3, -0.25) is 4.90 Å². The SMILES string of the molecule is COC(C)N(C)CCCC(Oc1ccc(C(F)(F)F)cc1)c1ccccc1. The number of alkyl halides is 3. The normalized spacial score (nSPS) is 14.2. The van der Waals surface area contributed by atoms with Crippen LogP contribution in [0.1, 0.15) is 37.0 Å². The Morgan fingerprint density at radius 1 is 1.00 bits per heavy atom. The van der Waals surface area contributed by atoms with E-state index in [0.717, 1.165) is 37.1 Å².